The first kappa shape index (κ1) is 11.1. The highest BCUT2D eigenvalue weighted by Gasteiger charge is 2.39. The van der Waals surface area contributed by atoms with Crippen LogP contribution in [0.15, 0.2) is 48.1 Å². The zero-order valence-corrected chi connectivity index (χ0v) is 10.8. The summed E-state index contributed by atoms with van der Waals surface area (Å²) in [5.41, 5.74) is 4.31. The summed E-state index contributed by atoms with van der Waals surface area (Å²) in [4.78, 5) is 0. The predicted octanol–water partition coefficient (Wildman–Crippen LogP) is 4.66. The van der Waals surface area contributed by atoms with Crippen LogP contribution in [0.4, 0.5) is 0 Å². The predicted molar refractivity (Wildman–Crippen MR) is 74.0 cm³/mol. The summed E-state index contributed by atoms with van der Waals surface area (Å²) in [6.07, 6.45) is 6.99. The smallest absolute Gasteiger partial charge is 0.0504 e. The number of rotatable bonds is 1. The standard InChI is InChI=1S/C16H17Cl/c1-11-13-9-5-6-10-14(16(13)17)15(11)12-7-3-2-4-8-12/h2-4,6-8,10,13-14,16H,5,9H2,1H3. The van der Waals surface area contributed by atoms with Crippen LogP contribution in [-0.2, 0) is 0 Å². The summed E-state index contributed by atoms with van der Waals surface area (Å²) in [7, 11) is 0. The lowest BCUT2D eigenvalue weighted by Gasteiger charge is -2.16. The number of benzene rings is 1. The molecule has 2 bridgehead atoms. The van der Waals surface area contributed by atoms with Crippen molar-refractivity contribution in [2.45, 2.75) is 25.1 Å². The van der Waals surface area contributed by atoms with E-state index in [1.54, 1.807) is 0 Å². The molecule has 2 aliphatic rings. The quantitative estimate of drug-likeness (QED) is 0.498. The van der Waals surface area contributed by atoms with Gasteiger partial charge in [-0.1, -0.05) is 48.1 Å². The lowest BCUT2D eigenvalue weighted by molar-refractivity contribution is 0.550. The van der Waals surface area contributed by atoms with Crippen molar-refractivity contribution in [2.24, 2.45) is 11.8 Å². The second-order valence-corrected chi connectivity index (χ2v) is 5.55. The van der Waals surface area contributed by atoms with Crippen molar-refractivity contribution in [3.05, 3.63) is 53.6 Å². The fourth-order valence-corrected chi connectivity index (χ4v) is 3.77. The molecule has 0 spiro atoms. The largest absolute Gasteiger partial charge is 0.121 e. The van der Waals surface area contributed by atoms with E-state index in [0.717, 1.165) is 0 Å². The molecule has 0 amide bonds. The lowest BCUT2D eigenvalue weighted by atomic mass is 9.92. The third kappa shape index (κ3) is 1.75. The Morgan fingerprint density at radius 1 is 1.18 bits per heavy atom. The van der Waals surface area contributed by atoms with E-state index in [9.17, 15) is 0 Å². The Morgan fingerprint density at radius 3 is 2.71 bits per heavy atom. The first-order valence-electron chi connectivity index (χ1n) is 6.36. The molecule has 0 nitrogen and oxygen atoms in total. The first-order valence-corrected chi connectivity index (χ1v) is 6.79. The van der Waals surface area contributed by atoms with Crippen molar-refractivity contribution in [3.8, 4) is 0 Å². The number of allylic oxidation sites excluding steroid dienone is 4. The number of alkyl halides is 1. The Balaban J connectivity index is 2.10. The molecule has 88 valence electrons. The molecule has 1 aromatic rings. The number of hydrogen-bond acceptors (Lipinski definition) is 0. The normalized spacial score (nSPS) is 31.8. The molecule has 3 atom stereocenters. The molecule has 0 N–H and O–H groups in total. The van der Waals surface area contributed by atoms with Gasteiger partial charge in [-0.05, 0) is 36.8 Å². The van der Waals surface area contributed by atoms with E-state index in [1.807, 2.05) is 0 Å². The molecule has 0 saturated carbocycles. The molecule has 2 aliphatic carbocycles. The van der Waals surface area contributed by atoms with Crippen LogP contribution in [0.3, 0.4) is 0 Å². The Morgan fingerprint density at radius 2 is 1.94 bits per heavy atom. The van der Waals surface area contributed by atoms with Crippen LogP contribution in [0.5, 0.6) is 0 Å². The molecule has 0 radical (unpaired) electrons. The minimum Gasteiger partial charge on any atom is -0.121 e. The van der Waals surface area contributed by atoms with Crippen LogP contribution in [0, 0.1) is 11.8 Å². The van der Waals surface area contributed by atoms with Crippen LogP contribution >= 0.6 is 11.6 Å². The summed E-state index contributed by atoms with van der Waals surface area (Å²) in [5.74, 6) is 0.971. The van der Waals surface area contributed by atoms with E-state index in [2.05, 4.69) is 49.4 Å². The minimum atomic E-state index is 0.254. The summed E-state index contributed by atoms with van der Waals surface area (Å²) < 4.78 is 0. The third-order valence-corrected chi connectivity index (χ3v) is 4.69. The van der Waals surface area contributed by atoms with E-state index in [0.29, 0.717) is 11.8 Å². The van der Waals surface area contributed by atoms with E-state index >= 15 is 0 Å². The van der Waals surface area contributed by atoms with Crippen molar-refractivity contribution in [1.82, 2.24) is 0 Å². The summed E-state index contributed by atoms with van der Waals surface area (Å²) in [5, 5.41) is 0.254. The first-order chi connectivity index (χ1) is 8.29. The number of halogens is 1. The maximum Gasteiger partial charge on any atom is 0.0504 e. The lowest BCUT2D eigenvalue weighted by Crippen LogP contribution is -2.14. The van der Waals surface area contributed by atoms with Crippen molar-refractivity contribution in [3.63, 3.8) is 0 Å². The average Bonchev–Trinajstić information content (AvgIpc) is 2.49. The van der Waals surface area contributed by atoms with Gasteiger partial charge in [-0.3, -0.25) is 0 Å². The monoisotopic (exact) mass is 244 g/mol. The van der Waals surface area contributed by atoms with Gasteiger partial charge in [0.25, 0.3) is 0 Å². The topological polar surface area (TPSA) is 0 Å². The fraction of sp³-hybridized carbons (Fsp3) is 0.375. The maximum absolute atomic E-state index is 6.63. The molecule has 0 aromatic heterocycles. The molecule has 3 rings (SSSR count). The molecule has 3 unspecified atom stereocenters. The minimum absolute atomic E-state index is 0.254. The van der Waals surface area contributed by atoms with Gasteiger partial charge in [0.1, 0.15) is 0 Å². The second kappa shape index (κ2) is 4.34. The van der Waals surface area contributed by atoms with Crippen LogP contribution in [-0.4, -0.2) is 5.38 Å². The second-order valence-electron chi connectivity index (χ2n) is 5.04. The van der Waals surface area contributed by atoms with E-state index < -0.39 is 0 Å². The van der Waals surface area contributed by atoms with Crippen LogP contribution in [0.25, 0.3) is 5.57 Å². The molecular weight excluding hydrogens is 228 g/mol. The van der Waals surface area contributed by atoms with Crippen LogP contribution < -0.4 is 0 Å². The van der Waals surface area contributed by atoms with Crippen molar-refractivity contribution >= 4 is 17.2 Å². The number of hydrogen-bond donors (Lipinski definition) is 0. The molecule has 17 heavy (non-hydrogen) atoms. The SMILES string of the molecule is CC1=C(c2ccccc2)C2C=CCCC1C2Cl. The zero-order chi connectivity index (χ0) is 11.8. The Kier molecular flexibility index (Phi) is 2.84. The summed E-state index contributed by atoms with van der Waals surface area (Å²) in [6.45, 7) is 2.27. The van der Waals surface area contributed by atoms with E-state index in [1.165, 1.54) is 29.6 Å². The van der Waals surface area contributed by atoms with Gasteiger partial charge in [0, 0.05) is 5.92 Å². The van der Waals surface area contributed by atoms with Crippen LogP contribution in [0.2, 0.25) is 0 Å². The van der Waals surface area contributed by atoms with Gasteiger partial charge in [-0.2, -0.15) is 0 Å². The van der Waals surface area contributed by atoms with Gasteiger partial charge in [-0.25, -0.2) is 0 Å². The van der Waals surface area contributed by atoms with Crippen molar-refractivity contribution in [2.75, 3.05) is 0 Å². The van der Waals surface area contributed by atoms with Crippen molar-refractivity contribution < 1.29 is 0 Å². The molecule has 1 heteroatoms. The maximum atomic E-state index is 6.63. The van der Waals surface area contributed by atoms with Gasteiger partial charge in [0.2, 0.25) is 0 Å². The Labute approximate surface area is 108 Å². The Hall–Kier alpha value is -1.01. The highest BCUT2D eigenvalue weighted by atomic mass is 35.5. The van der Waals surface area contributed by atoms with Gasteiger partial charge in [0.05, 0.1) is 5.38 Å². The highest BCUT2D eigenvalue weighted by molar-refractivity contribution is 6.22. The molecule has 0 heterocycles. The fourth-order valence-electron chi connectivity index (χ4n) is 3.25. The Bertz CT molecular complexity index is 470. The number of fused-ring (bicyclic) bond motifs is 2. The van der Waals surface area contributed by atoms with Gasteiger partial charge >= 0.3 is 0 Å². The highest BCUT2D eigenvalue weighted by Crippen LogP contribution is 2.49. The van der Waals surface area contributed by atoms with Gasteiger partial charge in [0.15, 0.2) is 0 Å². The summed E-state index contributed by atoms with van der Waals surface area (Å²) in [6, 6.07) is 10.7. The van der Waals surface area contributed by atoms with Gasteiger partial charge < -0.3 is 0 Å². The molecular formula is C16H17Cl. The summed E-state index contributed by atoms with van der Waals surface area (Å²) >= 11 is 6.63. The molecule has 0 aliphatic heterocycles. The van der Waals surface area contributed by atoms with E-state index in [-0.39, 0.29) is 5.38 Å². The third-order valence-electron chi connectivity index (χ3n) is 4.11. The van der Waals surface area contributed by atoms with Crippen molar-refractivity contribution in [1.29, 1.82) is 0 Å². The van der Waals surface area contributed by atoms with E-state index in [4.69, 9.17) is 11.6 Å². The van der Waals surface area contributed by atoms with Gasteiger partial charge in [-0.15, -0.1) is 11.6 Å². The zero-order valence-electron chi connectivity index (χ0n) is 10.1. The van der Waals surface area contributed by atoms with Crippen LogP contribution in [0.1, 0.15) is 25.3 Å². The molecule has 0 fully saturated rings. The average molecular weight is 245 g/mol. The molecule has 0 saturated heterocycles. The molecule has 1 aromatic carbocycles.